The Bertz CT molecular complexity index is 1040. The lowest BCUT2D eigenvalue weighted by atomic mass is 10.2. The highest BCUT2D eigenvalue weighted by Gasteiger charge is 2.19. The number of ether oxygens (including phenoxy) is 2. The first-order valence-electron chi connectivity index (χ1n) is 9.36. The summed E-state index contributed by atoms with van der Waals surface area (Å²) < 4.78 is 11.6. The van der Waals surface area contributed by atoms with E-state index in [0.29, 0.717) is 22.9 Å². The van der Waals surface area contributed by atoms with Gasteiger partial charge in [-0.05, 0) is 45.4 Å². The zero-order chi connectivity index (χ0) is 20.3. The molecule has 0 aliphatic rings. The molecule has 0 radical (unpaired) electrons. The minimum atomic E-state index is 0.506. The molecule has 0 atom stereocenters. The van der Waals surface area contributed by atoms with Gasteiger partial charge in [-0.2, -0.15) is 10.2 Å². The minimum absolute atomic E-state index is 0.506. The van der Waals surface area contributed by atoms with Crippen LogP contribution >= 0.6 is 11.3 Å². The second-order valence-corrected chi connectivity index (χ2v) is 7.82. The SMILES string of the molecule is CC[NH+](CC)Cc1nc(Oc2ccc(C#N)cc2OC)c2c(C)c(C)sc2n1. The number of methoxy groups -OCH3 is 1. The fourth-order valence-corrected chi connectivity index (χ4v) is 4.10. The molecule has 3 aromatic rings. The average Bonchev–Trinajstić information content (AvgIpc) is 3.00. The minimum Gasteiger partial charge on any atom is -0.493 e. The Hall–Kier alpha value is -2.69. The van der Waals surface area contributed by atoms with Gasteiger partial charge in [0.25, 0.3) is 0 Å². The Morgan fingerprint density at radius 2 is 1.89 bits per heavy atom. The summed E-state index contributed by atoms with van der Waals surface area (Å²) >= 11 is 1.66. The standard InChI is InChI=1S/C21H24N4O2S/c1-6-25(7-2)12-18-23-20(19-13(3)14(4)28-21(19)24-18)27-16-9-8-15(11-22)10-17(16)26-5/h8-10H,6-7,12H2,1-5H3/p+1. The second-order valence-electron chi connectivity index (χ2n) is 6.62. The quantitative estimate of drug-likeness (QED) is 0.661. The Kier molecular flexibility index (Phi) is 6.12. The summed E-state index contributed by atoms with van der Waals surface area (Å²) in [4.78, 5) is 13.1. The number of thiophene rings is 1. The Balaban J connectivity index is 2.09. The lowest BCUT2D eigenvalue weighted by molar-refractivity contribution is -0.910. The van der Waals surface area contributed by atoms with Crippen molar-refractivity contribution in [1.29, 1.82) is 5.26 Å². The summed E-state index contributed by atoms with van der Waals surface area (Å²) in [6.45, 7) is 11.3. The van der Waals surface area contributed by atoms with E-state index in [1.807, 2.05) is 0 Å². The van der Waals surface area contributed by atoms with Crippen LogP contribution in [0.15, 0.2) is 18.2 Å². The molecule has 7 heteroatoms. The molecule has 6 nitrogen and oxygen atoms in total. The van der Waals surface area contributed by atoms with E-state index in [0.717, 1.165) is 41.2 Å². The van der Waals surface area contributed by atoms with Gasteiger partial charge in [-0.15, -0.1) is 11.3 Å². The smallest absolute Gasteiger partial charge is 0.232 e. The molecule has 0 bridgehead atoms. The second kappa shape index (κ2) is 8.55. The van der Waals surface area contributed by atoms with Gasteiger partial charge in [0.05, 0.1) is 37.2 Å². The number of hydrogen-bond donors (Lipinski definition) is 1. The van der Waals surface area contributed by atoms with Crippen molar-refractivity contribution >= 4 is 21.6 Å². The van der Waals surface area contributed by atoms with Crippen LogP contribution < -0.4 is 14.4 Å². The number of rotatable bonds is 7. The molecule has 1 N–H and O–H groups in total. The fraction of sp³-hybridized carbons (Fsp3) is 0.381. The van der Waals surface area contributed by atoms with Crippen LogP contribution in [-0.2, 0) is 6.54 Å². The third-order valence-corrected chi connectivity index (χ3v) is 6.05. The number of quaternary nitrogens is 1. The van der Waals surface area contributed by atoms with Gasteiger partial charge in [0.1, 0.15) is 11.4 Å². The number of fused-ring (bicyclic) bond motifs is 1. The summed E-state index contributed by atoms with van der Waals surface area (Å²) in [7, 11) is 1.56. The lowest BCUT2D eigenvalue weighted by Gasteiger charge is -2.15. The van der Waals surface area contributed by atoms with E-state index >= 15 is 0 Å². The maximum absolute atomic E-state index is 9.12. The molecule has 3 rings (SSSR count). The lowest BCUT2D eigenvalue weighted by Crippen LogP contribution is -3.10. The molecular weight excluding hydrogens is 372 g/mol. The number of nitriles is 1. The molecule has 1 aromatic carbocycles. The van der Waals surface area contributed by atoms with Crippen molar-refractivity contribution in [3.63, 3.8) is 0 Å². The Labute approximate surface area is 169 Å². The number of nitrogens with zero attached hydrogens (tertiary/aromatic N) is 3. The average molecular weight is 398 g/mol. The molecule has 0 spiro atoms. The van der Waals surface area contributed by atoms with E-state index in [1.54, 1.807) is 36.6 Å². The van der Waals surface area contributed by atoms with Crippen molar-refractivity contribution < 1.29 is 14.4 Å². The van der Waals surface area contributed by atoms with Crippen molar-refractivity contribution in [2.24, 2.45) is 0 Å². The topological polar surface area (TPSA) is 72.5 Å². The van der Waals surface area contributed by atoms with Crippen LogP contribution in [0.5, 0.6) is 17.4 Å². The van der Waals surface area contributed by atoms with Gasteiger partial charge >= 0.3 is 0 Å². The van der Waals surface area contributed by atoms with Gasteiger partial charge in [0.15, 0.2) is 17.3 Å². The normalized spacial score (nSPS) is 11.0. The van der Waals surface area contributed by atoms with Crippen molar-refractivity contribution in [3.05, 3.63) is 40.0 Å². The Morgan fingerprint density at radius 3 is 2.54 bits per heavy atom. The first-order chi connectivity index (χ1) is 13.5. The summed E-state index contributed by atoms with van der Waals surface area (Å²) in [5.41, 5.74) is 1.65. The predicted octanol–water partition coefficient (Wildman–Crippen LogP) is 3.41. The number of nitrogens with one attached hydrogen (secondary N) is 1. The summed E-state index contributed by atoms with van der Waals surface area (Å²) in [6, 6.07) is 7.24. The largest absolute Gasteiger partial charge is 0.493 e. The van der Waals surface area contributed by atoms with Gasteiger partial charge in [-0.1, -0.05) is 0 Å². The van der Waals surface area contributed by atoms with E-state index in [4.69, 9.17) is 24.7 Å². The third-order valence-electron chi connectivity index (χ3n) is 4.95. The van der Waals surface area contributed by atoms with Crippen LogP contribution in [0.25, 0.3) is 10.2 Å². The first kappa shape index (κ1) is 20.1. The molecule has 2 aromatic heterocycles. The Morgan fingerprint density at radius 1 is 1.14 bits per heavy atom. The van der Waals surface area contributed by atoms with Crippen LogP contribution in [-0.4, -0.2) is 30.2 Å². The highest BCUT2D eigenvalue weighted by Crippen LogP contribution is 2.39. The van der Waals surface area contributed by atoms with E-state index in [2.05, 4.69) is 33.8 Å². The number of aromatic nitrogens is 2. The van der Waals surface area contributed by atoms with E-state index < -0.39 is 0 Å². The highest BCUT2D eigenvalue weighted by atomic mass is 32.1. The molecule has 0 unspecified atom stereocenters. The zero-order valence-corrected chi connectivity index (χ0v) is 17.7. The molecule has 0 aliphatic carbocycles. The first-order valence-corrected chi connectivity index (χ1v) is 10.2. The van der Waals surface area contributed by atoms with E-state index in [1.165, 1.54) is 9.78 Å². The van der Waals surface area contributed by atoms with E-state index in [-0.39, 0.29) is 0 Å². The molecule has 0 amide bonds. The van der Waals surface area contributed by atoms with Crippen LogP contribution in [0.4, 0.5) is 0 Å². The van der Waals surface area contributed by atoms with E-state index in [9.17, 15) is 0 Å². The van der Waals surface area contributed by atoms with Crippen molar-refractivity contribution in [2.75, 3.05) is 20.2 Å². The molecule has 2 heterocycles. The van der Waals surface area contributed by atoms with Crippen LogP contribution in [0.2, 0.25) is 0 Å². The van der Waals surface area contributed by atoms with Crippen LogP contribution in [0.1, 0.15) is 35.7 Å². The monoisotopic (exact) mass is 397 g/mol. The van der Waals surface area contributed by atoms with Crippen molar-refractivity contribution in [1.82, 2.24) is 9.97 Å². The van der Waals surface area contributed by atoms with Gasteiger partial charge in [0.2, 0.25) is 5.88 Å². The third kappa shape index (κ3) is 3.93. The summed E-state index contributed by atoms with van der Waals surface area (Å²) in [5.74, 6) is 2.35. The number of aryl methyl sites for hydroxylation is 2. The van der Waals surface area contributed by atoms with Gasteiger partial charge < -0.3 is 14.4 Å². The predicted molar refractivity (Wildman–Crippen MR) is 110 cm³/mol. The molecule has 0 aliphatic heterocycles. The molecule has 0 saturated heterocycles. The molecule has 28 heavy (non-hydrogen) atoms. The fourth-order valence-electron chi connectivity index (χ4n) is 3.06. The number of benzene rings is 1. The number of hydrogen-bond acceptors (Lipinski definition) is 6. The van der Waals surface area contributed by atoms with Crippen LogP contribution in [0.3, 0.4) is 0 Å². The molecule has 0 fully saturated rings. The van der Waals surface area contributed by atoms with Gasteiger partial charge in [0, 0.05) is 10.9 Å². The van der Waals surface area contributed by atoms with Crippen LogP contribution in [0, 0.1) is 25.2 Å². The maximum atomic E-state index is 9.12. The van der Waals surface area contributed by atoms with Crippen molar-refractivity contribution in [2.45, 2.75) is 34.2 Å². The van der Waals surface area contributed by atoms with Gasteiger partial charge in [-0.25, -0.2) is 4.98 Å². The molecule has 0 saturated carbocycles. The maximum Gasteiger partial charge on any atom is 0.232 e. The van der Waals surface area contributed by atoms with Crippen molar-refractivity contribution in [3.8, 4) is 23.4 Å². The highest BCUT2D eigenvalue weighted by molar-refractivity contribution is 7.18. The summed E-state index contributed by atoms with van der Waals surface area (Å²) in [6.07, 6.45) is 0. The zero-order valence-electron chi connectivity index (χ0n) is 16.9. The molecule has 146 valence electrons. The summed E-state index contributed by atoms with van der Waals surface area (Å²) in [5, 5.41) is 10.1. The molecular formula is C21H25N4O2S+. The van der Waals surface area contributed by atoms with Gasteiger partial charge in [-0.3, -0.25) is 0 Å².